The number of amides is 1. The molecule has 1 aromatic carbocycles. The van der Waals surface area contributed by atoms with Crippen LogP contribution in [0.4, 0.5) is 4.39 Å². The van der Waals surface area contributed by atoms with Gasteiger partial charge in [0, 0.05) is 32.7 Å². The minimum atomic E-state index is -3.69. The summed E-state index contributed by atoms with van der Waals surface area (Å²) < 4.78 is 40.1. The lowest BCUT2D eigenvalue weighted by Gasteiger charge is -2.30. The molecule has 0 saturated carbocycles. The number of sulfonamides is 1. The van der Waals surface area contributed by atoms with Crippen molar-refractivity contribution in [2.45, 2.75) is 17.5 Å². The second-order valence-electron chi connectivity index (χ2n) is 6.72. The first kappa shape index (κ1) is 18.3. The highest BCUT2D eigenvalue weighted by atomic mass is 32.2. The zero-order valence-electron chi connectivity index (χ0n) is 14.6. The van der Waals surface area contributed by atoms with Gasteiger partial charge in [0.15, 0.2) is 0 Å². The van der Waals surface area contributed by atoms with Crippen LogP contribution in [0.15, 0.2) is 34.2 Å². The number of hydrazine groups is 1. The molecule has 0 spiro atoms. The van der Waals surface area contributed by atoms with E-state index in [1.807, 2.05) is 4.90 Å². The number of halogens is 1. The maximum absolute atomic E-state index is 13.1. The molecule has 2 saturated heterocycles. The van der Waals surface area contributed by atoms with Gasteiger partial charge >= 0.3 is 0 Å². The van der Waals surface area contributed by atoms with E-state index in [2.05, 4.69) is 21.2 Å². The monoisotopic (exact) mass is 396 g/mol. The number of hydrogen-bond donors (Lipinski definition) is 3. The van der Waals surface area contributed by atoms with Crippen LogP contribution >= 0.6 is 0 Å². The molecule has 2 fully saturated rings. The lowest BCUT2D eigenvalue weighted by Crippen LogP contribution is -2.54. The maximum Gasteiger partial charge on any atom is 0.243 e. The van der Waals surface area contributed by atoms with Crippen molar-refractivity contribution in [2.75, 3.05) is 32.7 Å². The van der Waals surface area contributed by atoms with E-state index in [9.17, 15) is 17.6 Å². The molecule has 1 aromatic rings. The molecule has 0 aromatic heterocycles. The van der Waals surface area contributed by atoms with Crippen molar-refractivity contribution in [1.82, 2.24) is 25.4 Å². The summed E-state index contributed by atoms with van der Waals surface area (Å²) in [5, 5.41) is 2.82. The van der Waals surface area contributed by atoms with Gasteiger partial charge in [-0.05, 0) is 30.7 Å². The van der Waals surface area contributed by atoms with Gasteiger partial charge in [-0.2, -0.15) is 4.31 Å². The Morgan fingerprint density at radius 3 is 2.67 bits per heavy atom. The smallest absolute Gasteiger partial charge is 0.243 e. The number of fused-ring (bicyclic) bond motifs is 1. The Bertz CT molecular complexity index is 859. The number of rotatable bonds is 2. The summed E-state index contributed by atoms with van der Waals surface area (Å²) in [5.41, 5.74) is 5.90. The third kappa shape index (κ3) is 3.55. The number of carbonyl (C=O) groups excluding carboxylic acids is 1. The van der Waals surface area contributed by atoms with Gasteiger partial charge in [0.25, 0.3) is 0 Å². The topological polar surface area (TPSA) is 106 Å². The van der Waals surface area contributed by atoms with E-state index in [4.69, 9.17) is 0 Å². The van der Waals surface area contributed by atoms with Gasteiger partial charge < -0.3 is 4.90 Å². The maximum atomic E-state index is 13.1. The summed E-state index contributed by atoms with van der Waals surface area (Å²) in [7, 11) is -3.69. The summed E-state index contributed by atoms with van der Waals surface area (Å²) in [4.78, 5) is 18.7. The zero-order chi connectivity index (χ0) is 19.0. The largest absolute Gasteiger partial charge is 0.341 e. The van der Waals surface area contributed by atoms with Crippen LogP contribution in [0, 0.1) is 11.7 Å². The normalized spacial score (nSPS) is 26.9. The Balaban J connectivity index is 1.48. The van der Waals surface area contributed by atoms with Crippen molar-refractivity contribution in [3.8, 4) is 0 Å². The van der Waals surface area contributed by atoms with E-state index in [0.29, 0.717) is 38.6 Å². The van der Waals surface area contributed by atoms with E-state index in [-0.39, 0.29) is 29.4 Å². The zero-order valence-corrected chi connectivity index (χ0v) is 15.4. The van der Waals surface area contributed by atoms with Crippen LogP contribution in [0.1, 0.15) is 6.42 Å². The van der Waals surface area contributed by atoms with Crippen LogP contribution in [0.5, 0.6) is 0 Å². The van der Waals surface area contributed by atoms with Gasteiger partial charge in [-0.1, -0.05) is 0 Å². The molecule has 1 amide bonds. The average molecular weight is 396 g/mol. The summed E-state index contributed by atoms with van der Waals surface area (Å²) in [6.07, 6.45) is 0.283. The standard InChI is InChI=1S/C16H21FN6O3S/c17-11-2-4-12(5-3-11)27(25,26)23-7-1-6-22(8-9-23)16-19-14-13(10-18-21-14)15(24)20-16/h2-5,13-14,18,21H,1,6-10H2,(H,19,20,24). The van der Waals surface area contributed by atoms with Crippen molar-refractivity contribution in [3.05, 3.63) is 30.1 Å². The Hall–Kier alpha value is -2.08. The van der Waals surface area contributed by atoms with Crippen molar-refractivity contribution >= 4 is 21.9 Å². The van der Waals surface area contributed by atoms with Gasteiger partial charge in [-0.3, -0.25) is 15.5 Å². The lowest BCUT2D eigenvalue weighted by atomic mass is 10.1. The Morgan fingerprint density at radius 2 is 1.89 bits per heavy atom. The van der Waals surface area contributed by atoms with Gasteiger partial charge in [-0.25, -0.2) is 23.2 Å². The number of guanidine groups is 1. The third-order valence-electron chi connectivity index (χ3n) is 4.99. The highest BCUT2D eigenvalue weighted by molar-refractivity contribution is 7.89. The number of aliphatic imine (C=N–C) groups is 1. The minimum Gasteiger partial charge on any atom is -0.341 e. The first-order valence-electron chi connectivity index (χ1n) is 8.83. The fourth-order valence-electron chi connectivity index (χ4n) is 3.47. The van der Waals surface area contributed by atoms with Crippen molar-refractivity contribution in [2.24, 2.45) is 10.9 Å². The first-order valence-corrected chi connectivity index (χ1v) is 10.3. The average Bonchev–Trinajstić information content (AvgIpc) is 2.98. The molecule has 11 heteroatoms. The molecule has 146 valence electrons. The van der Waals surface area contributed by atoms with Crippen molar-refractivity contribution in [1.29, 1.82) is 0 Å². The molecule has 3 aliphatic rings. The molecular formula is C16H21FN6O3S. The fourth-order valence-corrected chi connectivity index (χ4v) is 4.94. The van der Waals surface area contributed by atoms with Crippen molar-refractivity contribution < 1.29 is 17.6 Å². The lowest BCUT2D eigenvalue weighted by molar-refractivity contribution is -0.124. The molecule has 2 atom stereocenters. The van der Waals surface area contributed by atoms with Crippen LogP contribution in [-0.4, -0.2) is 68.4 Å². The summed E-state index contributed by atoms with van der Waals surface area (Å²) in [6, 6.07) is 4.83. The number of benzene rings is 1. The quantitative estimate of drug-likeness (QED) is 0.596. The fraction of sp³-hybridized carbons (Fsp3) is 0.500. The summed E-state index contributed by atoms with van der Waals surface area (Å²) in [5.74, 6) is -0.340. The predicted molar refractivity (Wildman–Crippen MR) is 95.3 cm³/mol. The molecule has 3 aliphatic heterocycles. The molecule has 9 nitrogen and oxygen atoms in total. The molecule has 0 bridgehead atoms. The third-order valence-corrected chi connectivity index (χ3v) is 6.90. The van der Waals surface area contributed by atoms with E-state index in [1.165, 1.54) is 16.4 Å². The Labute approximate surface area is 156 Å². The van der Waals surface area contributed by atoms with Crippen LogP contribution in [0.3, 0.4) is 0 Å². The van der Waals surface area contributed by atoms with Crippen LogP contribution in [0.25, 0.3) is 0 Å². The van der Waals surface area contributed by atoms with Gasteiger partial charge in [-0.15, -0.1) is 0 Å². The second-order valence-corrected chi connectivity index (χ2v) is 8.66. The van der Waals surface area contributed by atoms with Crippen LogP contribution in [0.2, 0.25) is 0 Å². The molecular weight excluding hydrogens is 375 g/mol. The minimum absolute atomic E-state index is 0.0738. The SMILES string of the molecule is O=C1NC(N2CCCN(S(=O)(=O)c3ccc(F)cc3)CC2)=NC2NNCC12. The molecule has 3 N–H and O–H groups in total. The number of nitrogens with one attached hydrogen (secondary N) is 3. The number of nitrogens with zero attached hydrogens (tertiary/aromatic N) is 3. The highest BCUT2D eigenvalue weighted by Crippen LogP contribution is 2.19. The molecule has 4 rings (SSSR count). The van der Waals surface area contributed by atoms with Gasteiger partial charge in [0.2, 0.25) is 21.9 Å². The van der Waals surface area contributed by atoms with E-state index >= 15 is 0 Å². The highest BCUT2D eigenvalue weighted by Gasteiger charge is 2.38. The van der Waals surface area contributed by atoms with E-state index in [1.54, 1.807) is 0 Å². The summed E-state index contributed by atoms with van der Waals surface area (Å²) in [6.45, 7) is 2.12. The molecule has 3 heterocycles. The second kappa shape index (κ2) is 7.15. The van der Waals surface area contributed by atoms with Crippen LogP contribution in [-0.2, 0) is 14.8 Å². The van der Waals surface area contributed by atoms with Gasteiger partial charge in [0.05, 0.1) is 10.8 Å². The number of hydrogen-bond acceptors (Lipinski definition) is 7. The summed E-state index contributed by atoms with van der Waals surface area (Å²) >= 11 is 0. The van der Waals surface area contributed by atoms with E-state index in [0.717, 1.165) is 12.1 Å². The molecule has 0 aliphatic carbocycles. The van der Waals surface area contributed by atoms with E-state index < -0.39 is 15.8 Å². The molecule has 27 heavy (non-hydrogen) atoms. The van der Waals surface area contributed by atoms with Crippen LogP contribution < -0.4 is 16.2 Å². The predicted octanol–water partition coefficient (Wildman–Crippen LogP) is -0.942. The molecule has 2 unspecified atom stereocenters. The first-order chi connectivity index (χ1) is 12.9. The number of carbonyl (C=O) groups is 1. The van der Waals surface area contributed by atoms with Gasteiger partial charge in [0.1, 0.15) is 12.0 Å². The molecule has 0 radical (unpaired) electrons. The Kier molecular flexibility index (Phi) is 4.84. The Morgan fingerprint density at radius 1 is 1.11 bits per heavy atom. The van der Waals surface area contributed by atoms with Crippen molar-refractivity contribution in [3.63, 3.8) is 0 Å².